The summed E-state index contributed by atoms with van der Waals surface area (Å²) in [5.41, 5.74) is 2.44. The van der Waals surface area contributed by atoms with Crippen molar-refractivity contribution in [2.45, 2.75) is 0 Å². The van der Waals surface area contributed by atoms with E-state index >= 15 is 0 Å². The Morgan fingerprint density at radius 3 is 1.91 bits per heavy atom. The summed E-state index contributed by atoms with van der Waals surface area (Å²) in [5, 5.41) is 9.28. The van der Waals surface area contributed by atoms with Crippen LogP contribution in [0.2, 0.25) is 0 Å². The molecule has 0 fully saturated rings. The molecule has 6 rings (SSSR count). The Labute approximate surface area is 197 Å². The molecule has 34 heavy (non-hydrogen) atoms. The second-order valence-electron chi connectivity index (χ2n) is 8.39. The lowest BCUT2D eigenvalue weighted by molar-refractivity contribution is 0.0601. The van der Waals surface area contributed by atoms with E-state index in [9.17, 15) is 4.79 Å². The van der Waals surface area contributed by atoms with Gasteiger partial charge in [0.15, 0.2) is 0 Å². The van der Waals surface area contributed by atoms with Gasteiger partial charge in [0.05, 0.1) is 19.8 Å². The summed E-state index contributed by atoms with van der Waals surface area (Å²) in [4.78, 5) is 12.6. The van der Waals surface area contributed by atoms with Crippen LogP contribution in [0.15, 0.2) is 97.1 Å². The minimum absolute atomic E-state index is 0.338. The van der Waals surface area contributed by atoms with E-state index in [0.717, 1.165) is 38.4 Å². The Hall–Kier alpha value is -4.37. The summed E-state index contributed by atoms with van der Waals surface area (Å²) >= 11 is 0. The van der Waals surface area contributed by atoms with Gasteiger partial charge in [-0.2, -0.15) is 0 Å². The number of methoxy groups -OCH3 is 2. The molecule has 0 unspecified atom stereocenters. The molecule has 3 heteroatoms. The maximum Gasteiger partial charge on any atom is 0.338 e. The van der Waals surface area contributed by atoms with E-state index in [0.29, 0.717) is 5.56 Å². The van der Waals surface area contributed by atoms with Gasteiger partial charge in [-0.05, 0) is 78.5 Å². The molecule has 0 amide bonds. The van der Waals surface area contributed by atoms with Crippen molar-refractivity contribution in [2.24, 2.45) is 0 Å². The molecule has 6 aromatic carbocycles. The van der Waals surface area contributed by atoms with E-state index in [1.165, 1.54) is 28.7 Å². The van der Waals surface area contributed by atoms with Crippen molar-refractivity contribution in [3.05, 3.63) is 103 Å². The second-order valence-corrected chi connectivity index (χ2v) is 8.39. The van der Waals surface area contributed by atoms with E-state index < -0.39 is 0 Å². The third-order valence-corrected chi connectivity index (χ3v) is 6.67. The van der Waals surface area contributed by atoms with Gasteiger partial charge in [0.25, 0.3) is 0 Å². The smallest absolute Gasteiger partial charge is 0.338 e. The van der Waals surface area contributed by atoms with Crippen LogP contribution < -0.4 is 4.74 Å². The number of carbonyl (C=O) groups is 1. The fourth-order valence-electron chi connectivity index (χ4n) is 5.15. The van der Waals surface area contributed by atoms with Gasteiger partial charge < -0.3 is 9.47 Å². The minimum Gasteiger partial charge on any atom is -0.497 e. The lowest BCUT2D eigenvalue weighted by atomic mass is 9.86. The first kappa shape index (κ1) is 20.3. The Balaban J connectivity index is 1.86. The van der Waals surface area contributed by atoms with Crippen molar-refractivity contribution in [3.63, 3.8) is 0 Å². The van der Waals surface area contributed by atoms with E-state index in [2.05, 4.69) is 60.7 Å². The van der Waals surface area contributed by atoms with Crippen LogP contribution >= 0.6 is 0 Å². The van der Waals surface area contributed by atoms with Gasteiger partial charge >= 0.3 is 5.97 Å². The monoisotopic (exact) mass is 442 g/mol. The third-order valence-electron chi connectivity index (χ3n) is 6.67. The molecule has 0 spiro atoms. The highest BCUT2D eigenvalue weighted by Crippen LogP contribution is 2.43. The Kier molecular flexibility index (Phi) is 4.70. The van der Waals surface area contributed by atoms with Gasteiger partial charge in [-0.25, -0.2) is 4.79 Å². The van der Waals surface area contributed by atoms with Crippen LogP contribution in [0.3, 0.4) is 0 Å². The summed E-state index contributed by atoms with van der Waals surface area (Å²) < 4.78 is 10.6. The first-order valence-corrected chi connectivity index (χ1v) is 11.2. The van der Waals surface area contributed by atoms with Gasteiger partial charge in [0.2, 0.25) is 0 Å². The zero-order valence-corrected chi connectivity index (χ0v) is 19.0. The van der Waals surface area contributed by atoms with Crippen LogP contribution in [0, 0.1) is 0 Å². The molecule has 0 atom stereocenters. The highest BCUT2D eigenvalue weighted by molar-refractivity contribution is 6.33. The summed E-state index contributed by atoms with van der Waals surface area (Å²) in [6, 6.07) is 33.1. The Morgan fingerprint density at radius 1 is 0.559 bits per heavy atom. The van der Waals surface area contributed by atoms with E-state index in [4.69, 9.17) is 9.47 Å². The maximum absolute atomic E-state index is 12.6. The molecule has 0 saturated heterocycles. The zero-order chi connectivity index (χ0) is 23.2. The molecule has 0 radical (unpaired) electrons. The molecule has 0 N–H and O–H groups in total. The van der Waals surface area contributed by atoms with E-state index in [-0.39, 0.29) is 5.97 Å². The van der Waals surface area contributed by atoms with E-state index in [1.54, 1.807) is 7.11 Å². The first-order valence-electron chi connectivity index (χ1n) is 11.2. The van der Waals surface area contributed by atoms with Gasteiger partial charge in [-0.1, -0.05) is 72.8 Å². The summed E-state index contributed by atoms with van der Waals surface area (Å²) in [5.74, 6) is 0.500. The summed E-state index contributed by atoms with van der Waals surface area (Å²) in [6.45, 7) is 0. The molecule has 164 valence electrons. The van der Waals surface area contributed by atoms with Crippen molar-refractivity contribution in [1.29, 1.82) is 0 Å². The number of hydrogen-bond donors (Lipinski definition) is 0. The number of esters is 1. The normalized spacial score (nSPS) is 11.4. The quantitative estimate of drug-likeness (QED) is 0.207. The molecule has 3 nitrogen and oxygen atoms in total. The van der Waals surface area contributed by atoms with Crippen molar-refractivity contribution in [2.75, 3.05) is 14.2 Å². The lowest BCUT2D eigenvalue weighted by Gasteiger charge is -2.17. The van der Waals surface area contributed by atoms with Crippen LogP contribution in [0.25, 0.3) is 54.2 Å². The Bertz CT molecular complexity index is 1750. The number of ether oxygens (including phenoxy) is 2. The highest BCUT2D eigenvalue weighted by atomic mass is 16.5. The molecular weight excluding hydrogens is 420 g/mol. The SMILES string of the molecule is COC(=O)c1ccccc1-c1cc2c3ccccc3c3cc(OC)ccc3c2c2ccccc12. The molecule has 0 aliphatic rings. The predicted octanol–water partition coefficient (Wildman–Crippen LogP) is 7.76. The molecule has 0 bridgehead atoms. The minimum atomic E-state index is -0.338. The summed E-state index contributed by atoms with van der Waals surface area (Å²) in [6.07, 6.45) is 0. The second kappa shape index (κ2) is 7.89. The van der Waals surface area contributed by atoms with Crippen LogP contribution in [0.5, 0.6) is 5.75 Å². The molecular formula is C31H22O3. The lowest BCUT2D eigenvalue weighted by Crippen LogP contribution is -2.03. The van der Waals surface area contributed by atoms with Crippen LogP contribution in [-0.2, 0) is 4.74 Å². The van der Waals surface area contributed by atoms with Crippen molar-refractivity contribution < 1.29 is 14.3 Å². The number of benzene rings is 6. The molecule has 0 aliphatic heterocycles. The molecule has 6 aromatic rings. The first-order chi connectivity index (χ1) is 16.7. The molecule has 0 aromatic heterocycles. The van der Waals surface area contributed by atoms with Gasteiger partial charge in [-0.15, -0.1) is 0 Å². The zero-order valence-electron chi connectivity index (χ0n) is 19.0. The molecule has 0 saturated carbocycles. The van der Waals surface area contributed by atoms with Crippen molar-refractivity contribution in [1.82, 2.24) is 0 Å². The number of carbonyl (C=O) groups excluding carboxylic acids is 1. The van der Waals surface area contributed by atoms with Gasteiger partial charge in [0.1, 0.15) is 5.75 Å². The third kappa shape index (κ3) is 2.94. The van der Waals surface area contributed by atoms with Crippen molar-refractivity contribution >= 4 is 49.1 Å². The number of fused-ring (bicyclic) bond motifs is 8. The van der Waals surface area contributed by atoms with Gasteiger partial charge in [-0.3, -0.25) is 0 Å². The van der Waals surface area contributed by atoms with E-state index in [1.807, 2.05) is 36.4 Å². The topological polar surface area (TPSA) is 35.5 Å². The molecule has 0 heterocycles. The van der Waals surface area contributed by atoms with Gasteiger partial charge in [0, 0.05) is 0 Å². The summed E-state index contributed by atoms with van der Waals surface area (Å²) in [7, 11) is 3.12. The average Bonchev–Trinajstić information content (AvgIpc) is 2.91. The number of rotatable bonds is 3. The van der Waals surface area contributed by atoms with Crippen LogP contribution in [0.1, 0.15) is 10.4 Å². The van der Waals surface area contributed by atoms with Crippen LogP contribution in [0.4, 0.5) is 0 Å². The van der Waals surface area contributed by atoms with Crippen LogP contribution in [-0.4, -0.2) is 20.2 Å². The maximum atomic E-state index is 12.6. The predicted molar refractivity (Wildman–Crippen MR) is 140 cm³/mol. The highest BCUT2D eigenvalue weighted by Gasteiger charge is 2.18. The van der Waals surface area contributed by atoms with Crippen molar-refractivity contribution in [3.8, 4) is 16.9 Å². The standard InChI is InChI=1S/C31H22O3/c1-33-19-15-16-25-27(17-19)20-9-3-4-10-21(20)29-18-28(22-11-5-7-13-24(22)30(25)29)23-12-6-8-14-26(23)31(32)34-2/h3-18H,1-2H3. The number of hydrogen-bond acceptors (Lipinski definition) is 3. The largest absolute Gasteiger partial charge is 0.497 e. The fourth-order valence-corrected chi connectivity index (χ4v) is 5.15. The fraction of sp³-hybridized carbons (Fsp3) is 0.0645. The molecule has 0 aliphatic carbocycles. The average molecular weight is 443 g/mol. The Morgan fingerprint density at radius 2 is 1.18 bits per heavy atom.